The van der Waals surface area contributed by atoms with Gasteiger partial charge in [-0.3, -0.25) is 14.4 Å². The summed E-state index contributed by atoms with van der Waals surface area (Å²) in [5.41, 5.74) is -1.78. The highest BCUT2D eigenvalue weighted by molar-refractivity contribution is 6.26. The van der Waals surface area contributed by atoms with Gasteiger partial charge >= 0.3 is 0 Å². The van der Waals surface area contributed by atoms with Crippen molar-refractivity contribution in [2.24, 2.45) is 17.8 Å². The molecule has 0 radical (unpaired) electrons. The van der Waals surface area contributed by atoms with E-state index in [0.29, 0.717) is 12.8 Å². The molecular weight excluding hydrogens is 332 g/mol. The van der Waals surface area contributed by atoms with E-state index >= 15 is 0 Å². The van der Waals surface area contributed by atoms with Crippen molar-refractivity contribution in [2.45, 2.75) is 72.8 Å². The van der Waals surface area contributed by atoms with Crippen molar-refractivity contribution in [3.05, 3.63) is 23.0 Å². The Kier molecular flexibility index (Phi) is 7.51. The summed E-state index contributed by atoms with van der Waals surface area (Å²) < 4.78 is 0. The van der Waals surface area contributed by atoms with Crippen LogP contribution in [0, 0.1) is 17.8 Å². The Morgan fingerprint density at radius 3 is 2.27 bits per heavy atom. The number of carbonyl (C=O) groups is 3. The van der Waals surface area contributed by atoms with Crippen LogP contribution in [0.2, 0.25) is 0 Å². The molecule has 1 aliphatic rings. The standard InChI is InChI=1S/C21H32O5/c1-7-14(6)18(23)17-19(24)15(10-8-12(2)3)21(26,20(17)25)16(22)11-9-13(4)5/h8,13-15,25-26H,7,9-11H2,1-6H3/t14?,15-,21?/m1/s1. The summed E-state index contributed by atoms with van der Waals surface area (Å²) in [7, 11) is 0. The largest absolute Gasteiger partial charge is 0.508 e. The Labute approximate surface area is 156 Å². The molecule has 2 N–H and O–H groups in total. The predicted octanol–water partition coefficient (Wildman–Crippen LogP) is 3.71. The van der Waals surface area contributed by atoms with Crippen LogP contribution in [0.15, 0.2) is 23.0 Å². The summed E-state index contributed by atoms with van der Waals surface area (Å²) in [6.45, 7) is 11.1. The lowest BCUT2D eigenvalue weighted by molar-refractivity contribution is -0.145. The second kappa shape index (κ2) is 8.76. The van der Waals surface area contributed by atoms with Gasteiger partial charge in [-0.15, -0.1) is 0 Å². The van der Waals surface area contributed by atoms with Gasteiger partial charge in [0.1, 0.15) is 11.3 Å². The van der Waals surface area contributed by atoms with Crippen molar-refractivity contribution < 1.29 is 24.6 Å². The maximum absolute atomic E-state index is 12.9. The molecule has 26 heavy (non-hydrogen) atoms. The third-order valence-corrected chi connectivity index (χ3v) is 5.11. The molecule has 0 aromatic rings. The quantitative estimate of drug-likeness (QED) is 0.481. The number of rotatable bonds is 9. The van der Waals surface area contributed by atoms with Crippen molar-refractivity contribution in [3.8, 4) is 0 Å². The fraction of sp³-hybridized carbons (Fsp3) is 0.667. The normalized spacial score (nSPS) is 24.2. The minimum atomic E-state index is -2.31. The molecule has 0 spiro atoms. The molecule has 0 aromatic heterocycles. The van der Waals surface area contributed by atoms with Gasteiger partial charge in [-0.1, -0.05) is 39.3 Å². The molecule has 0 heterocycles. The maximum Gasteiger partial charge on any atom is 0.191 e. The van der Waals surface area contributed by atoms with E-state index in [1.165, 1.54) is 0 Å². The summed E-state index contributed by atoms with van der Waals surface area (Å²) >= 11 is 0. The summed E-state index contributed by atoms with van der Waals surface area (Å²) in [5.74, 6) is -3.88. The second-order valence-corrected chi connectivity index (χ2v) is 7.95. The zero-order valence-corrected chi connectivity index (χ0v) is 16.8. The highest BCUT2D eigenvalue weighted by Gasteiger charge is 2.58. The fourth-order valence-electron chi connectivity index (χ4n) is 3.07. The van der Waals surface area contributed by atoms with E-state index in [0.717, 1.165) is 5.57 Å². The molecule has 0 fully saturated rings. The summed E-state index contributed by atoms with van der Waals surface area (Å²) in [5, 5.41) is 21.7. The minimum Gasteiger partial charge on any atom is -0.508 e. The fourth-order valence-corrected chi connectivity index (χ4v) is 3.07. The van der Waals surface area contributed by atoms with Crippen LogP contribution in [0.3, 0.4) is 0 Å². The van der Waals surface area contributed by atoms with Gasteiger partial charge in [0, 0.05) is 12.3 Å². The number of Topliss-reactive ketones (excluding diaryl/α,β-unsaturated/α-hetero) is 3. The van der Waals surface area contributed by atoms with Crippen LogP contribution in [0.4, 0.5) is 0 Å². The van der Waals surface area contributed by atoms with Gasteiger partial charge in [0.15, 0.2) is 23.0 Å². The maximum atomic E-state index is 12.9. The second-order valence-electron chi connectivity index (χ2n) is 7.95. The van der Waals surface area contributed by atoms with Crippen molar-refractivity contribution >= 4 is 17.3 Å². The van der Waals surface area contributed by atoms with Crippen LogP contribution in [0.5, 0.6) is 0 Å². The Morgan fingerprint density at radius 2 is 1.81 bits per heavy atom. The van der Waals surface area contributed by atoms with E-state index in [1.54, 1.807) is 19.9 Å². The molecule has 0 saturated heterocycles. The molecule has 5 heteroatoms. The van der Waals surface area contributed by atoms with Crippen LogP contribution in [-0.4, -0.2) is 33.2 Å². The molecule has 5 nitrogen and oxygen atoms in total. The SMILES string of the molecule is CCC(C)C(=O)C1=C(O)C(O)(C(=O)CCC(C)C)[C@H](CC=C(C)C)C1=O. The first-order valence-electron chi connectivity index (χ1n) is 9.39. The van der Waals surface area contributed by atoms with E-state index < -0.39 is 46.1 Å². The van der Waals surface area contributed by atoms with Crippen LogP contribution in [0.1, 0.15) is 67.2 Å². The number of aliphatic hydroxyl groups is 2. The zero-order valence-electron chi connectivity index (χ0n) is 16.8. The van der Waals surface area contributed by atoms with Crippen LogP contribution < -0.4 is 0 Å². The number of hydrogen-bond acceptors (Lipinski definition) is 5. The molecule has 1 aliphatic carbocycles. The highest BCUT2D eigenvalue weighted by Crippen LogP contribution is 2.42. The Balaban J connectivity index is 3.38. The van der Waals surface area contributed by atoms with Crippen LogP contribution in [0.25, 0.3) is 0 Å². The van der Waals surface area contributed by atoms with Crippen molar-refractivity contribution in [3.63, 3.8) is 0 Å². The number of allylic oxidation sites excluding steroid dienone is 3. The zero-order chi connectivity index (χ0) is 20.2. The van der Waals surface area contributed by atoms with E-state index in [2.05, 4.69) is 0 Å². The first-order chi connectivity index (χ1) is 12.0. The number of carbonyl (C=O) groups excluding carboxylic acids is 3. The molecule has 3 atom stereocenters. The average molecular weight is 364 g/mol. The van der Waals surface area contributed by atoms with E-state index in [1.807, 2.05) is 27.7 Å². The van der Waals surface area contributed by atoms with Gasteiger partial charge < -0.3 is 10.2 Å². The topological polar surface area (TPSA) is 91.7 Å². The van der Waals surface area contributed by atoms with Gasteiger partial charge in [0.05, 0.1) is 5.92 Å². The van der Waals surface area contributed by atoms with Crippen molar-refractivity contribution in [2.75, 3.05) is 0 Å². The van der Waals surface area contributed by atoms with Crippen LogP contribution in [-0.2, 0) is 14.4 Å². The Bertz CT molecular complexity index is 637. The molecular formula is C21H32O5. The Hall–Kier alpha value is -1.75. The summed E-state index contributed by atoms with van der Waals surface area (Å²) in [4.78, 5) is 38.2. The predicted molar refractivity (Wildman–Crippen MR) is 101 cm³/mol. The van der Waals surface area contributed by atoms with E-state index in [4.69, 9.17) is 0 Å². The Morgan fingerprint density at radius 1 is 1.23 bits per heavy atom. The lowest BCUT2D eigenvalue weighted by Gasteiger charge is -2.28. The van der Waals surface area contributed by atoms with Crippen LogP contribution >= 0.6 is 0 Å². The lowest BCUT2D eigenvalue weighted by atomic mass is 9.80. The first kappa shape index (κ1) is 22.3. The number of ketones is 3. The first-order valence-corrected chi connectivity index (χ1v) is 9.39. The van der Waals surface area contributed by atoms with Gasteiger partial charge in [-0.2, -0.15) is 0 Å². The lowest BCUT2D eigenvalue weighted by Crippen LogP contribution is -2.46. The van der Waals surface area contributed by atoms with Crippen molar-refractivity contribution in [1.29, 1.82) is 0 Å². The minimum absolute atomic E-state index is 0.0433. The third-order valence-electron chi connectivity index (χ3n) is 5.11. The highest BCUT2D eigenvalue weighted by atomic mass is 16.3. The van der Waals surface area contributed by atoms with E-state index in [-0.39, 0.29) is 18.8 Å². The molecule has 1 rings (SSSR count). The van der Waals surface area contributed by atoms with Crippen molar-refractivity contribution in [1.82, 2.24) is 0 Å². The number of aliphatic hydroxyl groups excluding tert-OH is 1. The third kappa shape index (κ3) is 4.32. The van der Waals surface area contributed by atoms with Gasteiger partial charge in [-0.05, 0) is 39.0 Å². The molecule has 2 unspecified atom stereocenters. The molecule has 0 bridgehead atoms. The molecule has 0 aromatic carbocycles. The molecule has 0 aliphatic heterocycles. The van der Waals surface area contributed by atoms with Gasteiger partial charge in [0.2, 0.25) is 0 Å². The molecule has 0 saturated carbocycles. The average Bonchev–Trinajstić information content (AvgIpc) is 2.76. The molecule has 146 valence electrons. The van der Waals surface area contributed by atoms with Gasteiger partial charge in [-0.25, -0.2) is 0 Å². The van der Waals surface area contributed by atoms with E-state index in [9.17, 15) is 24.6 Å². The summed E-state index contributed by atoms with van der Waals surface area (Å²) in [6, 6.07) is 0. The monoisotopic (exact) mass is 364 g/mol. The summed E-state index contributed by atoms with van der Waals surface area (Å²) in [6.07, 6.45) is 2.93. The molecule has 0 amide bonds. The number of hydrogen-bond donors (Lipinski definition) is 2. The van der Waals surface area contributed by atoms with Gasteiger partial charge in [0.25, 0.3) is 0 Å². The smallest absolute Gasteiger partial charge is 0.191 e.